The normalized spacial score (nSPS) is 17.0. The van der Waals surface area contributed by atoms with Crippen molar-refractivity contribution >= 4 is 21.6 Å². The number of hydrogen-bond acceptors (Lipinski definition) is 7. The number of fused-ring (bicyclic) bond motifs is 1. The van der Waals surface area contributed by atoms with Crippen LogP contribution in [0.5, 0.6) is 11.5 Å². The first-order valence-electron chi connectivity index (χ1n) is 12.3. The molecule has 3 atom stereocenters. The van der Waals surface area contributed by atoms with Crippen LogP contribution in [-0.2, 0) is 26.9 Å². The summed E-state index contributed by atoms with van der Waals surface area (Å²) in [6, 6.07) is 2.86. The summed E-state index contributed by atoms with van der Waals surface area (Å²) in [6.45, 7) is 14.7. The minimum absolute atomic E-state index is 0.0841. The van der Waals surface area contributed by atoms with Crippen LogP contribution >= 0.6 is 7.60 Å². The number of allylic oxidation sites excluding steroid dienone is 2. The Labute approximate surface area is 216 Å². The van der Waals surface area contributed by atoms with Crippen LogP contribution in [0.4, 0.5) is 0 Å². The maximum atomic E-state index is 12.7. The van der Waals surface area contributed by atoms with Crippen LogP contribution in [0.2, 0.25) is 25.7 Å². The SMILES string of the molecule is CCC(C)OP(=O)(O)C(C#N)CC(C)=CCc1c(OC)c(C)c2c(c1OCC[Si](C)(C)C)C(=O)OC2. The molecule has 0 spiro atoms. The molecule has 0 saturated carbocycles. The predicted octanol–water partition coefficient (Wildman–Crippen LogP) is 6.16. The van der Waals surface area contributed by atoms with Gasteiger partial charge in [0.1, 0.15) is 23.7 Å². The molecule has 3 unspecified atom stereocenters. The zero-order valence-electron chi connectivity index (χ0n) is 22.8. The van der Waals surface area contributed by atoms with E-state index in [1.54, 1.807) is 21.0 Å². The lowest BCUT2D eigenvalue weighted by Crippen LogP contribution is -2.23. The van der Waals surface area contributed by atoms with Crippen molar-refractivity contribution in [2.75, 3.05) is 13.7 Å². The number of ether oxygens (including phenoxy) is 3. The lowest BCUT2D eigenvalue weighted by Gasteiger charge is -2.22. The average molecular weight is 538 g/mol. The lowest BCUT2D eigenvalue weighted by molar-refractivity contribution is 0.0532. The summed E-state index contributed by atoms with van der Waals surface area (Å²) in [5.74, 6) is 0.694. The third kappa shape index (κ3) is 7.45. The molecule has 0 aliphatic carbocycles. The molecule has 1 aromatic rings. The van der Waals surface area contributed by atoms with E-state index in [4.69, 9.17) is 18.7 Å². The van der Waals surface area contributed by atoms with Crippen molar-refractivity contribution in [3.8, 4) is 17.6 Å². The molecule has 0 bridgehead atoms. The van der Waals surface area contributed by atoms with Gasteiger partial charge in [-0.05, 0) is 51.6 Å². The van der Waals surface area contributed by atoms with Crippen molar-refractivity contribution in [3.05, 3.63) is 33.9 Å². The van der Waals surface area contributed by atoms with Gasteiger partial charge in [0.15, 0.2) is 5.66 Å². The van der Waals surface area contributed by atoms with E-state index in [9.17, 15) is 19.5 Å². The maximum Gasteiger partial charge on any atom is 0.345 e. The Morgan fingerprint density at radius 2 is 2.00 bits per heavy atom. The first-order valence-corrected chi connectivity index (χ1v) is 17.7. The molecule has 1 heterocycles. The van der Waals surface area contributed by atoms with Crippen molar-refractivity contribution in [1.29, 1.82) is 5.26 Å². The number of rotatable bonds is 13. The van der Waals surface area contributed by atoms with Gasteiger partial charge in [-0.1, -0.05) is 38.2 Å². The van der Waals surface area contributed by atoms with Gasteiger partial charge in [-0.2, -0.15) is 5.26 Å². The van der Waals surface area contributed by atoms with Crippen LogP contribution < -0.4 is 9.47 Å². The third-order valence-electron chi connectivity index (χ3n) is 6.34. The van der Waals surface area contributed by atoms with Crippen LogP contribution in [0.25, 0.3) is 0 Å². The van der Waals surface area contributed by atoms with E-state index in [0.29, 0.717) is 36.5 Å². The Morgan fingerprint density at radius 1 is 1.33 bits per heavy atom. The Kier molecular flexibility index (Phi) is 10.4. The molecule has 8 nitrogen and oxygen atoms in total. The molecule has 0 amide bonds. The number of carbonyl (C=O) groups is 1. The Hall–Kier alpha value is -2.11. The molecule has 200 valence electrons. The summed E-state index contributed by atoms with van der Waals surface area (Å²) >= 11 is 0. The van der Waals surface area contributed by atoms with Crippen LogP contribution in [-0.4, -0.2) is 44.4 Å². The molecule has 36 heavy (non-hydrogen) atoms. The first kappa shape index (κ1) is 30.1. The van der Waals surface area contributed by atoms with Crippen LogP contribution in [0, 0.1) is 18.3 Å². The standard InChI is InChI=1S/C26H40NO7PSi/c1-9-18(3)34-35(29,30)20(15-27)14-17(2)10-11-21-24(31-5)19(4)22-16-33-26(28)23(22)25(21)32-12-13-36(6,7)8/h10,18,20H,9,11-14,16H2,1-8H3,(H,29,30). The number of nitrogens with zero attached hydrogens (tertiary/aromatic N) is 1. The Morgan fingerprint density at radius 3 is 2.56 bits per heavy atom. The zero-order chi connectivity index (χ0) is 27.3. The lowest BCUT2D eigenvalue weighted by atomic mass is 9.94. The fourth-order valence-electron chi connectivity index (χ4n) is 3.93. The monoisotopic (exact) mass is 537 g/mol. The molecule has 1 aromatic carbocycles. The highest BCUT2D eigenvalue weighted by Crippen LogP contribution is 2.51. The predicted molar refractivity (Wildman–Crippen MR) is 143 cm³/mol. The Bertz CT molecular complexity index is 1090. The average Bonchev–Trinajstić information content (AvgIpc) is 3.18. The summed E-state index contributed by atoms with van der Waals surface area (Å²) in [4.78, 5) is 23.0. The van der Waals surface area contributed by atoms with Crippen molar-refractivity contribution in [1.82, 2.24) is 0 Å². The molecule has 0 fully saturated rings. The van der Waals surface area contributed by atoms with E-state index in [0.717, 1.165) is 28.3 Å². The molecular weight excluding hydrogens is 497 g/mol. The second-order valence-corrected chi connectivity index (χ2v) is 18.1. The minimum Gasteiger partial charge on any atom is -0.496 e. The van der Waals surface area contributed by atoms with Crippen molar-refractivity contribution in [2.45, 2.75) is 91.0 Å². The first-order chi connectivity index (χ1) is 16.8. The number of carbonyl (C=O) groups excluding carboxylic acids is 1. The van der Waals surface area contributed by atoms with Gasteiger partial charge in [-0.3, -0.25) is 4.57 Å². The number of benzene rings is 1. The molecule has 0 radical (unpaired) electrons. The number of hydrogen-bond donors (Lipinski definition) is 1. The van der Waals surface area contributed by atoms with Gasteiger partial charge >= 0.3 is 13.6 Å². The number of methoxy groups -OCH3 is 1. The summed E-state index contributed by atoms with van der Waals surface area (Å²) in [6.07, 6.45) is 2.47. The largest absolute Gasteiger partial charge is 0.496 e. The molecule has 1 aliphatic heterocycles. The summed E-state index contributed by atoms with van der Waals surface area (Å²) < 4.78 is 35.3. The minimum atomic E-state index is -4.12. The molecule has 2 rings (SSSR count). The number of esters is 1. The highest BCUT2D eigenvalue weighted by molar-refractivity contribution is 7.54. The highest BCUT2D eigenvalue weighted by atomic mass is 31.2. The fraction of sp³-hybridized carbons (Fsp3) is 0.615. The van der Waals surface area contributed by atoms with Gasteiger partial charge in [-0.15, -0.1) is 0 Å². The number of nitriles is 1. The molecular formula is C26H40NO7PSi. The van der Waals surface area contributed by atoms with E-state index in [2.05, 4.69) is 19.6 Å². The fourth-order valence-corrected chi connectivity index (χ4v) is 6.12. The van der Waals surface area contributed by atoms with Gasteiger partial charge in [0.2, 0.25) is 0 Å². The van der Waals surface area contributed by atoms with Gasteiger partial charge in [-0.25, -0.2) is 4.79 Å². The zero-order valence-corrected chi connectivity index (χ0v) is 24.7. The van der Waals surface area contributed by atoms with Crippen molar-refractivity contribution in [2.24, 2.45) is 0 Å². The van der Waals surface area contributed by atoms with E-state index in [1.165, 1.54) is 0 Å². The molecule has 0 aromatic heterocycles. The summed E-state index contributed by atoms with van der Waals surface area (Å²) in [5, 5.41) is 9.56. The van der Waals surface area contributed by atoms with E-state index < -0.39 is 33.4 Å². The smallest absolute Gasteiger partial charge is 0.345 e. The highest BCUT2D eigenvalue weighted by Gasteiger charge is 2.35. The Balaban J connectivity index is 2.41. The van der Waals surface area contributed by atoms with Crippen molar-refractivity contribution < 1.29 is 33.0 Å². The van der Waals surface area contributed by atoms with Gasteiger partial charge in [0.25, 0.3) is 0 Å². The van der Waals surface area contributed by atoms with E-state index >= 15 is 0 Å². The van der Waals surface area contributed by atoms with Gasteiger partial charge in [0.05, 0.1) is 25.9 Å². The second kappa shape index (κ2) is 12.4. The molecule has 0 saturated heterocycles. The molecule has 1 N–H and O–H groups in total. The van der Waals surface area contributed by atoms with Crippen LogP contribution in [0.3, 0.4) is 0 Å². The molecule has 1 aliphatic rings. The van der Waals surface area contributed by atoms with Gasteiger partial charge < -0.3 is 23.6 Å². The quantitative estimate of drug-likeness (QED) is 0.138. The van der Waals surface area contributed by atoms with Crippen molar-refractivity contribution in [3.63, 3.8) is 0 Å². The van der Waals surface area contributed by atoms with Gasteiger partial charge in [0, 0.05) is 19.2 Å². The number of cyclic esters (lactones) is 1. The van der Waals surface area contributed by atoms with E-state index in [1.807, 2.05) is 26.0 Å². The van der Waals surface area contributed by atoms with Crippen LogP contribution in [0.15, 0.2) is 11.6 Å². The molecule has 10 heteroatoms. The topological polar surface area (TPSA) is 115 Å². The van der Waals surface area contributed by atoms with Crippen LogP contribution in [0.1, 0.15) is 60.7 Å². The maximum absolute atomic E-state index is 12.7. The second-order valence-electron chi connectivity index (χ2n) is 10.5. The summed E-state index contributed by atoms with van der Waals surface area (Å²) in [7, 11) is -3.91. The van der Waals surface area contributed by atoms with E-state index in [-0.39, 0.29) is 13.0 Å². The summed E-state index contributed by atoms with van der Waals surface area (Å²) in [5.41, 5.74) is 2.35. The third-order valence-corrected chi connectivity index (χ3v) is 9.80.